The van der Waals surface area contributed by atoms with E-state index in [1.54, 1.807) is 36.5 Å². The maximum Gasteiger partial charge on any atom is 0.274 e. The predicted molar refractivity (Wildman–Crippen MR) is 78.6 cm³/mol. The Morgan fingerprint density at radius 2 is 2.05 bits per heavy atom. The van der Waals surface area contributed by atoms with Crippen molar-refractivity contribution in [2.75, 3.05) is 5.32 Å². The molecule has 0 saturated heterocycles. The summed E-state index contributed by atoms with van der Waals surface area (Å²) in [5, 5.41) is 3.32. The van der Waals surface area contributed by atoms with Crippen LogP contribution in [0.2, 0.25) is 0 Å². The van der Waals surface area contributed by atoms with E-state index in [0.29, 0.717) is 22.3 Å². The number of halogens is 1. The Bertz CT molecular complexity index is 818. The third-order valence-electron chi connectivity index (χ3n) is 3.04. The van der Waals surface area contributed by atoms with Crippen LogP contribution in [-0.2, 0) is 0 Å². The summed E-state index contributed by atoms with van der Waals surface area (Å²) in [5.41, 5.74) is 2.20. The van der Waals surface area contributed by atoms with E-state index in [-0.39, 0.29) is 11.7 Å². The van der Waals surface area contributed by atoms with Crippen molar-refractivity contribution in [3.8, 4) is 0 Å². The third-order valence-corrected chi connectivity index (χ3v) is 3.04. The van der Waals surface area contributed by atoms with Gasteiger partial charge in [0.25, 0.3) is 5.91 Å². The van der Waals surface area contributed by atoms with Crippen LogP contribution >= 0.6 is 0 Å². The highest BCUT2D eigenvalue weighted by Gasteiger charge is 2.11. The number of aromatic nitrogens is 2. The summed E-state index contributed by atoms with van der Waals surface area (Å²) in [5.74, 6) is -0.715. The fourth-order valence-corrected chi connectivity index (χ4v) is 2.12. The highest BCUT2D eigenvalue weighted by atomic mass is 19.1. The Balaban J connectivity index is 2.04. The van der Waals surface area contributed by atoms with E-state index in [2.05, 4.69) is 15.3 Å². The summed E-state index contributed by atoms with van der Waals surface area (Å²) in [7, 11) is 0. The van der Waals surface area contributed by atoms with Gasteiger partial charge in [-0.1, -0.05) is 6.07 Å². The molecule has 0 aliphatic rings. The fraction of sp³-hybridized carbons (Fsp3) is 0.0625. The minimum absolute atomic E-state index is 0.302. The number of pyridine rings is 2. The molecule has 104 valence electrons. The second-order valence-corrected chi connectivity index (χ2v) is 4.64. The van der Waals surface area contributed by atoms with Gasteiger partial charge in [0.05, 0.1) is 11.2 Å². The molecule has 1 N–H and O–H groups in total. The van der Waals surface area contributed by atoms with Gasteiger partial charge in [-0.3, -0.25) is 14.8 Å². The molecule has 0 saturated carbocycles. The molecule has 0 fully saturated rings. The van der Waals surface area contributed by atoms with Gasteiger partial charge >= 0.3 is 0 Å². The molecule has 0 aliphatic carbocycles. The summed E-state index contributed by atoms with van der Waals surface area (Å²) >= 11 is 0. The number of anilines is 1. The van der Waals surface area contributed by atoms with Crippen LogP contribution in [0.15, 0.2) is 48.7 Å². The number of benzene rings is 1. The molecule has 2 heterocycles. The Kier molecular flexibility index (Phi) is 3.31. The Morgan fingerprint density at radius 1 is 1.19 bits per heavy atom. The average molecular weight is 281 g/mol. The molecule has 3 aromatic rings. The van der Waals surface area contributed by atoms with Gasteiger partial charge in [0.15, 0.2) is 0 Å². The number of aryl methyl sites for hydroxylation is 1. The van der Waals surface area contributed by atoms with Crippen LogP contribution in [0.4, 0.5) is 10.1 Å². The molecule has 0 radical (unpaired) electrons. The molecule has 0 atom stereocenters. The number of hydrogen-bond donors (Lipinski definition) is 1. The van der Waals surface area contributed by atoms with Crippen molar-refractivity contribution >= 4 is 22.5 Å². The van der Waals surface area contributed by atoms with Crippen LogP contribution < -0.4 is 5.32 Å². The molecule has 5 heteroatoms. The highest BCUT2D eigenvalue weighted by molar-refractivity contribution is 6.07. The monoisotopic (exact) mass is 281 g/mol. The quantitative estimate of drug-likeness (QED) is 0.784. The lowest BCUT2D eigenvalue weighted by atomic mass is 10.1. The summed E-state index contributed by atoms with van der Waals surface area (Å²) in [6.07, 6.45) is 1.55. The van der Waals surface area contributed by atoms with E-state index in [0.717, 1.165) is 5.69 Å². The van der Waals surface area contributed by atoms with Crippen molar-refractivity contribution in [1.82, 2.24) is 9.97 Å². The Labute approximate surface area is 120 Å². The van der Waals surface area contributed by atoms with Crippen molar-refractivity contribution in [3.63, 3.8) is 0 Å². The van der Waals surface area contributed by atoms with Crippen LogP contribution in [0, 0.1) is 12.7 Å². The molecule has 0 unspecified atom stereocenters. The largest absolute Gasteiger partial charge is 0.320 e. The van der Waals surface area contributed by atoms with Crippen molar-refractivity contribution in [3.05, 3.63) is 65.9 Å². The second-order valence-electron chi connectivity index (χ2n) is 4.64. The van der Waals surface area contributed by atoms with E-state index < -0.39 is 0 Å². The minimum Gasteiger partial charge on any atom is -0.320 e. The van der Waals surface area contributed by atoms with Gasteiger partial charge in [-0.25, -0.2) is 4.39 Å². The molecule has 0 bridgehead atoms. The van der Waals surface area contributed by atoms with Gasteiger partial charge in [-0.2, -0.15) is 0 Å². The second kappa shape index (κ2) is 5.28. The van der Waals surface area contributed by atoms with E-state index in [1.165, 1.54) is 12.1 Å². The zero-order chi connectivity index (χ0) is 14.8. The zero-order valence-electron chi connectivity index (χ0n) is 11.3. The summed E-state index contributed by atoms with van der Waals surface area (Å²) < 4.78 is 13.4. The first-order valence-electron chi connectivity index (χ1n) is 6.43. The van der Waals surface area contributed by atoms with Crippen molar-refractivity contribution in [1.29, 1.82) is 0 Å². The maximum absolute atomic E-state index is 13.4. The Morgan fingerprint density at radius 3 is 2.81 bits per heavy atom. The number of hydrogen-bond acceptors (Lipinski definition) is 3. The number of carbonyl (C=O) groups is 1. The molecule has 2 aromatic heterocycles. The van der Waals surface area contributed by atoms with Gasteiger partial charge in [0.1, 0.15) is 11.5 Å². The van der Waals surface area contributed by atoms with E-state index in [9.17, 15) is 9.18 Å². The van der Waals surface area contributed by atoms with Crippen LogP contribution in [0.25, 0.3) is 10.9 Å². The molecule has 21 heavy (non-hydrogen) atoms. The number of carbonyl (C=O) groups excluding carboxylic acids is 1. The normalized spacial score (nSPS) is 10.6. The summed E-state index contributed by atoms with van der Waals surface area (Å²) in [6.45, 7) is 1.82. The van der Waals surface area contributed by atoms with Gasteiger partial charge in [-0.15, -0.1) is 0 Å². The molecule has 1 amide bonds. The molecule has 0 aliphatic heterocycles. The highest BCUT2D eigenvalue weighted by Crippen LogP contribution is 2.24. The minimum atomic E-state index is -0.374. The van der Waals surface area contributed by atoms with Crippen molar-refractivity contribution in [2.24, 2.45) is 0 Å². The SMILES string of the molecule is Cc1cc(NC(=O)c2ccccn2)c2cc(F)ccc2n1. The van der Waals surface area contributed by atoms with Gasteiger partial charge in [0.2, 0.25) is 0 Å². The topological polar surface area (TPSA) is 54.9 Å². The lowest BCUT2D eigenvalue weighted by molar-refractivity contribution is 0.102. The molecule has 4 nitrogen and oxygen atoms in total. The summed E-state index contributed by atoms with van der Waals surface area (Å²) in [4.78, 5) is 20.5. The number of nitrogens with zero attached hydrogens (tertiary/aromatic N) is 2. The number of nitrogens with one attached hydrogen (secondary N) is 1. The first-order valence-corrected chi connectivity index (χ1v) is 6.43. The van der Waals surface area contributed by atoms with Crippen molar-refractivity contribution in [2.45, 2.75) is 6.92 Å². The standard InChI is InChI=1S/C16H12FN3O/c1-10-8-15(12-9-11(17)5-6-13(12)19-10)20-16(21)14-4-2-3-7-18-14/h2-9H,1H3,(H,19,20,21). The molecular formula is C16H12FN3O. The number of fused-ring (bicyclic) bond motifs is 1. The number of amides is 1. The zero-order valence-corrected chi connectivity index (χ0v) is 11.3. The third kappa shape index (κ3) is 2.72. The Hall–Kier alpha value is -2.82. The van der Waals surface area contributed by atoms with Crippen LogP contribution in [0.5, 0.6) is 0 Å². The van der Waals surface area contributed by atoms with Crippen LogP contribution in [0.3, 0.4) is 0 Å². The van der Waals surface area contributed by atoms with Crippen molar-refractivity contribution < 1.29 is 9.18 Å². The van der Waals surface area contributed by atoms with Gasteiger partial charge in [0, 0.05) is 17.3 Å². The molecule has 1 aromatic carbocycles. The van der Waals surface area contributed by atoms with E-state index >= 15 is 0 Å². The first-order chi connectivity index (χ1) is 10.1. The smallest absolute Gasteiger partial charge is 0.274 e. The van der Waals surface area contributed by atoms with E-state index in [4.69, 9.17) is 0 Å². The molecular weight excluding hydrogens is 269 g/mol. The maximum atomic E-state index is 13.4. The van der Waals surface area contributed by atoms with Crippen LogP contribution in [-0.4, -0.2) is 15.9 Å². The number of rotatable bonds is 2. The molecule has 0 spiro atoms. The first kappa shape index (κ1) is 13.2. The average Bonchev–Trinajstić information content (AvgIpc) is 2.49. The van der Waals surface area contributed by atoms with Gasteiger partial charge in [-0.05, 0) is 43.3 Å². The van der Waals surface area contributed by atoms with Gasteiger partial charge < -0.3 is 5.32 Å². The summed E-state index contributed by atoms with van der Waals surface area (Å²) in [6, 6.07) is 11.1. The fourth-order valence-electron chi connectivity index (χ4n) is 2.12. The lowest BCUT2D eigenvalue weighted by Gasteiger charge is -2.09. The lowest BCUT2D eigenvalue weighted by Crippen LogP contribution is -2.14. The van der Waals surface area contributed by atoms with E-state index in [1.807, 2.05) is 6.92 Å². The molecule has 3 rings (SSSR count). The van der Waals surface area contributed by atoms with Crippen LogP contribution in [0.1, 0.15) is 16.2 Å². The predicted octanol–water partition coefficient (Wildman–Crippen LogP) is 3.33.